The first-order valence-corrected chi connectivity index (χ1v) is 4.18. The predicted octanol–water partition coefficient (Wildman–Crippen LogP) is 0.981. The van der Waals surface area contributed by atoms with E-state index in [1.807, 2.05) is 0 Å². The average Bonchev–Trinajstić information content (AvgIpc) is 2.18. The van der Waals surface area contributed by atoms with Crippen LogP contribution < -0.4 is 9.47 Å². The molecule has 1 rings (SSSR count). The van der Waals surface area contributed by atoms with Crippen molar-refractivity contribution in [3.8, 4) is 11.5 Å². The van der Waals surface area contributed by atoms with E-state index in [0.29, 0.717) is 11.5 Å². The molecule has 0 aliphatic heterocycles. The van der Waals surface area contributed by atoms with Gasteiger partial charge in [0, 0.05) is 0 Å². The molecule has 0 saturated carbocycles. The Morgan fingerprint density at radius 2 is 1.93 bits per heavy atom. The second kappa shape index (κ2) is 4.62. The minimum absolute atomic E-state index is 0.306. The Morgan fingerprint density at radius 3 is 2.43 bits per heavy atom. The Balaban J connectivity index is 2.80. The molecule has 0 amide bonds. The molecule has 0 spiro atoms. The summed E-state index contributed by atoms with van der Waals surface area (Å²) in [4.78, 5) is 11.1. The molecule has 1 aromatic carbocycles. The van der Waals surface area contributed by atoms with Gasteiger partial charge in [0.1, 0.15) is 6.10 Å². The monoisotopic (exact) mass is 196 g/mol. The van der Waals surface area contributed by atoms with Gasteiger partial charge in [-0.15, -0.1) is 0 Å². The van der Waals surface area contributed by atoms with E-state index in [-0.39, 0.29) is 0 Å². The number of aliphatic hydroxyl groups is 1. The molecule has 4 nitrogen and oxygen atoms in total. The van der Waals surface area contributed by atoms with Crippen LogP contribution in [0.25, 0.3) is 0 Å². The Bertz CT molecular complexity index is 320. The highest BCUT2D eigenvalue weighted by Gasteiger charge is 2.13. The lowest BCUT2D eigenvalue weighted by atomic mass is 10.3. The smallest absolute Gasteiger partial charge is 0.340 e. The maximum Gasteiger partial charge on any atom is 0.340 e. The first-order chi connectivity index (χ1) is 6.65. The number of esters is 1. The van der Waals surface area contributed by atoms with Crippen LogP contribution in [0.4, 0.5) is 0 Å². The third-order valence-electron chi connectivity index (χ3n) is 1.62. The van der Waals surface area contributed by atoms with Crippen LogP contribution in [0.2, 0.25) is 0 Å². The lowest BCUT2D eigenvalue weighted by Crippen LogP contribution is -2.22. The van der Waals surface area contributed by atoms with E-state index >= 15 is 0 Å². The fourth-order valence-corrected chi connectivity index (χ4v) is 0.897. The molecule has 76 valence electrons. The Kier molecular flexibility index (Phi) is 3.48. The third-order valence-corrected chi connectivity index (χ3v) is 1.62. The Hall–Kier alpha value is -1.55. The van der Waals surface area contributed by atoms with Crippen molar-refractivity contribution < 1.29 is 19.4 Å². The van der Waals surface area contributed by atoms with Gasteiger partial charge in [-0.2, -0.15) is 0 Å². The molecule has 1 unspecified atom stereocenters. The van der Waals surface area contributed by atoms with Gasteiger partial charge in [-0.1, -0.05) is 12.1 Å². The van der Waals surface area contributed by atoms with E-state index in [1.165, 1.54) is 14.0 Å². The lowest BCUT2D eigenvalue weighted by Gasteiger charge is -2.09. The summed E-state index contributed by atoms with van der Waals surface area (Å²) in [5, 5.41) is 8.93. The molecule has 0 aromatic heterocycles. The van der Waals surface area contributed by atoms with Crippen LogP contribution in [0.15, 0.2) is 24.3 Å². The molecule has 0 radical (unpaired) electrons. The Morgan fingerprint density at radius 1 is 1.36 bits per heavy atom. The van der Waals surface area contributed by atoms with Gasteiger partial charge in [0.2, 0.25) is 0 Å². The number of benzene rings is 1. The summed E-state index contributed by atoms with van der Waals surface area (Å²) < 4.78 is 9.85. The predicted molar refractivity (Wildman–Crippen MR) is 50.3 cm³/mol. The number of ether oxygens (including phenoxy) is 2. The number of para-hydroxylation sites is 2. The van der Waals surface area contributed by atoms with Gasteiger partial charge < -0.3 is 14.6 Å². The summed E-state index contributed by atoms with van der Waals surface area (Å²) in [6.45, 7) is 1.34. The molecule has 1 N–H and O–H groups in total. The van der Waals surface area contributed by atoms with E-state index in [0.717, 1.165) is 0 Å². The maximum atomic E-state index is 11.1. The number of hydrogen-bond acceptors (Lipinski definition) is 4. The maximum absolute atomic E-state index is 11.1. The molecule has 0 aliphatic carbocycles. The van der Waals surface area contributed by atoms with Crippen molar-refractivity contribution in [1.82, 2.24) is 0 Å². The lowest BCUT2D eigenvalue weighted by molar-refractivity contribution is -0.142. The topological polar surface area (TPSA) is 55.8 Å². The second-order valence-electron chi connectivity index (χ2n) is 2.75. The summed E-state index contributed by atoms with van der Waals surface area (Å²) >= 11 is 0. The minimum Gasteiger partial charge on any atom is -0.493 e. The fourth-order valence-electron chi connectivity index (χ4n) is 0.897. The van der Waals surface area contributed by atoms with Crippen LogP contribution in [0, 0.1) is 0 Å². The van der Waals surface area contributed by atoms with Crippen LogP contribution in [0.3, 0.4) is 0 Å². The number of rotatable bonds is 3. The summed E-state index contributed by atoms with van der Waals surface area (Å²) in [5.74, 6) is 0.0666. The second-order valence-corrected chi connectivity index (χ2v) is 2.75. The number of carbonyl (C=O) groups is 1. The number of methoxy groups -OCH3 is 1. The van der Waals surface area contributed by atoms with Crippen LogP contribution >= 0.6 is 0 Å². The highest BCUT2D eigenvalue weighted by Crippen LogP contribution is 2.25. The highest BCUT2D eigenvalue weighted by atomic mass is 16.6. The zero-order valence-electron chi connectivity index (χ0n) is 8.06. The molecule has 4 heteroatoms. The van der Waals surface area contributed by atoms with E-state index < -0.39 is 12.1 Å². The molecule has 0 bridgehead atoms. The van der Waals surface area contributed by atoms with Crippen molar-refractivity contribution >= 4 is 5.97 Å². The SMILES string of the molecule is COc1ccccc1OC(=O)C(C)O. The van der Waals surface area contributed by atoms with Gasteiger partial charge in [0.05, 0.1) is 7.11 Å². The summed E-state index contributed by atoms with van der Waals surface area (Å²) in [7, 11) is 1.48. The molecule has 0 saturated heterocycles. The van der Waals surface area contributed by atoms with Crippen molar-refractivity contribution in [2.24, 2.45) is 0 Å². The van der Waals surface area contributed by atoms with Gasteiger partial charge in [-0.3, -0.25) is 0 Å². The van der Waals surface area contributed by atoms with Gasteiger partial charge in [-0.25, -0.2) is 4.79 Å². The fraction of sp³-hybridized carbons (Fsp3) is 0.300. The number of carbonyl (C=O) groups excluding carboxylic acids is 1. The van der Waals surface area contributed by atoms with Crippen molar-refractivity contribution in [3.05, 3.63) is 24.3 Å². The van der Waals surface area contributed by atoms with Gasteiger partial charge in [0.25, 0.3) is 0 Å². The molecule has 0 aliphatic rings. The highest BCUT2D eigenvalue weighted by molar-refractivity contribution is 5.77. The van der Waals surface area contributed by atoms with Crippen molar-refractivity contribution in [2.75, 3.05) is 7.11 Å². The molecular formula is C10H12O4. The van der Waals surface area contributed by atoms with E-state index in [1.54, 1.807) is 24.3 Å². The third kappa shape index (κ3) is 2.47. The van der Waals surface area contributed by atoms with Gasteiger partial charge in [-0.05, 0) is 19.1 Å². The summed E-state index contributed by atoms with van der Waals surface area (Å²) in [6.07, 6.45) is -1.14. The van der Waals surface area contributed by atoms with E-state index in [2.05, 4.69) is 0 Å². The molecule has 1 atom stereocenters. The normalized spacial score (nSPS) is 11.9. The van der Waals surface area contributed by atoms with E-state index in [4.69, 9.17) is 14.6 Å². The van der Waals surface area contributed by atoms with Crippen LogP contribution in [0.5, 0.6) is 11.5 Å². The molecule has 14 heavy (non-hydrogen) atoms. The largest absolute Gasteiger partial charge is 0.493 e. The summed E-state index contributed by atoms with van der Waals surface area (Å²) in [6, 6.07) is 6.75. The van der Waals surface area contributed by atoms with Crippen LogP contribution in [0.1, 0.15) is 6.92 Å². The molecule has 1 aromatic rings. The van der Waals surface area contributed by atoms with E-state index in [9.17, 15) is 4.79 Å². The number of hydrogen-bond donors (Lipinski definition) is 1. The Labute approximate surface area is 82.1 Å². The van der Waals surface area contributed by atoms with Crippen LogP contribution in [-0.4, -0.2) is 24.3 Å². The minimum atomic E-state index is -1.14. The first kappa shape index (κ1) is 10.5. The molecule has 0 heterocycles. The first-order valence-electron chi connectivity index (χ1n) is 4.18. The van der Waals surface area contributed by atoms with Gasteiger partial charge in [0.15, 0.2) is 11.5 Å². The van der Waals surface area contributed by atoms with Crippen LogP contribution in [-0.2, 0) is 4.79 Å². The number of aliphatic hydroxyl groups excluding tert-OH is 1. The average molecular weight is 196 g/mol. The summed E-state index contributed by atoms with van der Waals surface area (Å²) in [5.41, 5.74) is 0. The van der Waals surface area contributed by atoms with Crippen molar-refractivity contribution in [1.29, 1.82) is 0 Å². The van der Waals surface area contributed by atoms with Crippen molar-refractivity contribution in [2.45, 2.75) is 13.0 Å². The molecule has 0 fully saturated rings. The molecular weight excluding hydrogens is 184 g/mol. The standard InChI is InChI=1S/C10H12O4/c1-7(11)10(12)14-9-6-4-3-5-8(9)13-2/h3-7,11H,1-2H3. The van der Waals surface area contributed by atoms with Gasteiger partial charge >= 0.3 is 5.97 Å². The quantitative estimate of drug-likeness (QED) is 0.578. The van der Waals surface area contributed by atoms with Crippen molar-refractivity contribution in [3.63, 3.8) is 0 Å². The zero-order chi connectivity index (χ0) is 10.6. The zero-order valence-corrected chi connectivity index (χ0v) is 8.06.